The van der Waals surface area contributed by atoms with E-state index in [1.165, 1.54) is 77.0 Å². The third-order valence-corrected chi connectivity index (χ3v) is 9.91. The molecule has 8 nitrogen and oxygen atoms in total. The number of esters is 2. The van der Waals surface area contributed by atoms with Crippen LogP contribution in [0.5, 0.6) is 0 Å². The summed E-state index contributed by atoms with van der Waals surface area (Å²) in [6, 6.07) is -0.621. The molecule has 0 rings (SSSR count). The van der Waals surface area contributed by atoms with Crippen LogP contribution in [-0.4, -0.2) is 80.6 Å². The van der Waals surface area contributed by atoms with E-state index in [1.54, 1.807) is 0 Å². The Balaban J connectivity index is 4.28. The van der Waals surface area contributed by atoms with Gasteiger partial charge in [0, 0.05) is 19.3 Å². The highest BCUT2D eigenvalue weighted by molar-refractivity contribution is 5.72. The van der Waals surface area contributed by atoms with Crippen molar-refractivity contribution >= 4 is 17.9 Å². The molecule has 0 heterocycles. The largest absolute Gasteiger partial charge is 0.477 e. The average molecular weight is 801 g/mol. The first-order valence-electron chi connectivity index (χ1n) is 22.8. The van der Waals surface area contributed by atoms with Crippen molar-refractivity contribution in [3.05, 3.63) is 60.8 Å². The highest BCUT2D eigenvalue weighted by atomic mass is 16.6. The van der Waals surface area contributed by atoms with Crippen molar-refractivity contribution in [2.45, 2.75) is 193 Å². The lowest BCUT2D eigenvalue weighted by molar-refractivity contribution is -0.887. The van der Waals surface area contributed by atoms with Gasteiger partial charge in [-0.1, -0.05) is 152 Å². The number of nitrogens with zero attached hydrogens (tertiary/aromatic N) is 1. The van der Waals surface area contributed by atoms with Gasteiger partial charge in [0.2, 0.25) is 0 Å². The first-order chi connectivity index (χ1) is 27.6. The minimum absolute atomic E-state index is 0.0477. The molecule has 0 aromatic heterocycles. The van der Waals surface area contributed by atoms with Crippen LogP contribution in [0, 0.1) is 0 Å². The smallest absolute Gasteiger partial charge is 0.362 e. The minimum Gasteiger partial charge on any atom is -0.477 e. The summed E-state index contributed by atoms with van der Waals surface area (Å²) in [5.74, 6) is -1.52. The molecule has 0 radical (unpaired) electrons. The summed E-state index contributed by atoms with van der Waals surface area (Å²) in [4.78, 5) is 37.0. The second-order valence-electron chi connectivity index (χ2n) is 16.2. The molecule has 0 amide bonds. The topological polar surface area (TPSA) is 99.1 Å². The third kappa shape index (κ3) is 38.3. The van der Waals surface area contributed by atoms with Crippen molar-refractivity contribution in [2.24, 2.45) is 0 Å². The Labute approximate surface area is 349 Å². The van der Waals surface area contributed by atoms with Crippen molar-refractivity contribution in [3.8, 4) is 0 Å². The maximum atomic E-state index is 12.7. The summed E-state index contributed by atoms with van der Waals surface area (Å²) >= 11 is 0. The Hall–Kier alpha value is -2.97. The first-order valence-corrected chi connectivity index (χ1v) is 22.8. The zero-order valence-corrected chi connectivity index (χ0v) is 37.3. The molecule has 2 atom stereocenters. The summed E-state index contributed by atoms with van der Waals surface area (Å²) < 4.78 is 17.2. The summed E-state index contributed by atoms with van der Waals surface area (Å²) in [6.07, 6.45) is 48.5. The molecule has 0 aliphatic carbocycles. The van der Waals surface area contributed by atoms with E-state index in [-0.39, 0.29) is 36.2 Å². The number of quaternary nitrogens is 1. The van der Waals surface area contributed by atoms with Gasteiger partial charge in [0.05, 0.1) is 34.4 Å². The molecule has 328 valence electrons. The normalized spacial score (nSPS) is 13.5. The Morgan fingerprint density at radius 3 is 1.40 bits per heavy atom. The van der Waals surface area contributed by atoms with E-state index in [0.717, 1.165) is 70.6 Å². The zero-order chi connectivity index (χ0) is 42.1. The number of aliphatic carboxylic acids is 1. The Kier molecular flexibility index (Phi) is 37.8. The van der Waals surface area contributed by atoms with Crippen LogP contribution < -0.4 is 0 Å². The average Bonchev–Trinajstić information content (AvgIpc) is 3.17. The summed E-state index contributed by atoms with van der Waals surface area (Å²) in [6.45, 7) is 4.48. The number of likely N-dealkylation sites (N-methyl/N-ethyl adjacent to an activating group) is 1. The van der Waals surface area contributed by atoms with E-state index < -0.39 is 18.1 Å². The Bertz CT molecular complexity index is 1120. The number of hydrogen-bond donors (Lipinski definition) is 1. The van der Waals surface area contributed by atoms with Crippen LogP contribution in [0.4, 0.5) is 0 Å². The number of unbranched alkanes of at least 4 members (excludes halogenated alkanes) is 16. The lowest BCUT2D eigenvalue weighted by atomic mass is 10.0. The van der Waals surface area contributed by atoms with E-state index in [2.05, 4.69) is 74.6 Å². The molecule has 0 aliphatic rings. The quantitative estimate of drug-likeness (QED) is 0.0285. The minimum atomic E-state index is -0.881. The fraction of sp³-hybridized carbons (Fsp3) is 0.735. The fourth-order valence-electron chi connectivity index (χ4n) is 6.44. The van der Waals surface area contributed by atoms with Gasteiger partial charge in [0.1, 0.15) is 6.61 Å². The van der Waals surface area contributed by atoms with Crippen LogP contribution in [-0.2, 0) is 28.6 Å². The molecule has 1 N–H and O–H groups in total. The van der Waals surface area contributed by atoms with Crippen molar-refractivity contribution in [1.82, 2.24) is 0 Å². The van der Waals surface area contributed by atoms with Gasteiger partial charge in [-0.3, -0.25) is 9.59 Å². The van der Waals surface area contributed by atoms with Crippen molar-refractivity contribution in [1.29, 1.82) is 0 Å². The highest BCUT2D eigenvalue weighted by Gasteiger charge is 2.31. The SMILES string of the molecule is CC/C=C/C/C=C/C/C=C/CCCCC(=O)OCC(COCCC(C(=O)O)[N+](C)(C)C)OC(=O)CCCCCCCCCCCCCCCC/C=C/C/C=C/CC. The molecule has 0 spiro atoms. The summed E-state index contributed by atoms with van der Waals surface area (Å²) in [5.41, 5.74) is 0. The van der Waals surface area contributed by atoms with E-state index in [1.807, 2.05) is 21.1 Å². The monoisotopic (exact) mass is 801 g/mol. The number of carboxylic acids is 1. The molecule has 0 bridgehead atoms. The molecule has 0 fully saturated rings. The molecular formula is C49H86NO7+. The Morgan fingerprint density at radius 1 is 0.526 bits per heavy atom. The maximum absolute atomic E-state index is 12.7. The first kappa shape index (κ1) is 54.0. The number of hydrogen-bond acceptors (Lipinski definition) is 6. The van der Waals surface area contributed by atoms with Crippen LogP contribution in [0.1, 0.15) is 181 Å². The van der Waals surface area contributed by atoms with Gasteiger partial charge in [0.25, 0.3) is 0 Å². The Morgan fingerprint density at radius 2 is 0.930 bits per heavy atom. The van der Waals surface area contributed by atoms with Gasteiger partial charge >= 0.3 is 17.9 Å². The van der Waals surface area contributed by atoms with E-state index >= 15 is 0 Å². The zero-order valence-electron chi connectivity index (χ0n) is 37.3. The predicted octanol–water partition coefficient (Wildman–Crippen LogP) is 12.6. The summed E-state index contributed by atoms with van der Waals surface area (Å²) in [7, 11) is 5.51. The molecule has 0 aliphatic heterocycles. The lowest BCUT2D eigenvalue weighted by Gasteiger charge is -2.31. The van der Waals surface area contributed by atoms with Gasteiger partial charge in [-0.25, -0.2) is 4.79 Å². The van der Waals surface area contributed by atoms with Crippen molar-refractivity contribution in [2.75, 3.05) is 41.0 Å². The maximum Gasteiger partial charge on any atom is 0.362 e. The van der Waals surface area contributed by atoms with Crippen molar-refractivity contribution < 1.29 is 38.2 Å². The van der Waals surface area contributed by atoms with E-state index in [0.29, 0.717) is 19.3 Å². The molecular weight excluding hydrogens is 715 g/mol. The number of carbonyl (C=O) groups is 3. The van der Waals surface area contributed by atoms with Crippen molar-refractivity contribution in [3.63, 3.8) is 0 Å². The second kappa shape index (κ2) is 39.8. The van der Waals surface area contributed by atoms with Gasteiger partial charge in [0.15, 0.2) is 12.1 Å². The number of carboxylic acid groups (broad SMARTS) is 1. The molecule has 2 unspecified atom stereocenters. The van der Waals surface area contributed by atoms with Crippen LogP contribution in [0.25, 0.3) is 0 Å². The molecule has 8 heteroatoms. The van der Waals surface area contributed by atoms with Crippen LogP contribution in [0.15, 0.2) is 60.8 Å². The fourth-order valence-corrected chi connectivity index (χ4v) is 6.44. The predicted molar refractivity (Wildman–Crippen MR) is 238 cm³/mol. The third-order valence-electron chi connectivity index (χ3n) is 9.91. The van der Waals surface area contributed by atoms with Crippen LogP contribution in [0.3, 0.4) is 0 Å². The second-order valence-corrected chi connectivity index (χ2v) is 16.2. The van der Waals surface area contributed by atoms with Crippen LogP contribution in [0.2, 0.25) is 0 Å². The van der Waals surface area contributed by atoms with E-state index in [9.17, 15) is 19.5 Å². The number of allylic oxidation sites excluding steroid dienone is 10. The number of carbonyl (C=O) groups excluding carboxylic acids is 2. The summed E-state index contributed by atoms with van der Waals surface area (Å²) in [5, 5.41) is 9.62. The standard InChI is InChI=1S/C49H85NO7/c1-6-8-10-12-14-16-18-20-21-22-23-24-25-26-27-28-30-32-34-36-38-40-48(52)57-45(43-55-42-41-46(49(53)54)50(3,4)5)44-56-47(51)39-37-35-33-31-29-19-17-15-13-11-9-7-2/h8-11,14-17,29,31,45-46H,6-7,12-13,18-28,30,32-44H2,1-5H3/p+1/b10-8+,11-9+,16-14+,17-15+,31-29+. The number of rotatable bonds is 40. The lowest BCUT2D eigenvalue weighted by Crippen LogP contribution is -2.50. The highest BCUT2D eigenvalue weighted by Crippen LogP contribution is 2.15. The molecule has 0 saturated carbocycles. The van der Waals surface area contributed by atoms with Gasteiger partial charge in [-0.15, -0.1) is 0 Å². The van der Waals surface area contributed by atoms with Gasteiger partial charge in [-0.2, -0.15) is 0 Å². The van der Waals surface area contributed by atoms with Gasteiger partial charge < -0.3 is 23.8 Å². The molecule has 57 heavy (non-hydrogen) atoms. The van der Waals surface area contributed by atoms with E-state index in [4.69, 9.17) is 14.2 Å². The molecule has 0 aromatic rings. The van der Waals surface area contributed by atoms with Gasteiger partial charge in [-0.05, 0) is 70.6 Å². The molecule has 0 aromatic carbocycles. The number of ether oxygens (including phenoxy) is 3. The molecule has 0 saturated heterocycles. The van der Waals surface area contributed by atoms with Crippen LogP contribution >= 0.6 is 0 Å².